The van der Waals surface area contributed by atoms with Gasteiger partial charge in [0.25, 0.3) is 0 Å². The van der Waals surface area contributed by atoms with Gasteiger partial charge in [0.15, 0.2) is 0 Å². The third-order valence-corrected chi connectivity index (χ3v) is 3.91. The zero-order valence-corrected chi connectivity index (χ0v) is 13.1. The average Bonchev–Trinajstić information content (AvgIpc) is 3.08. The number of rotatable bonds is 3. The van der Waals surface area contributed by atoms with E-state index >= 15 is 0 Å². The summed E-state index contributed by atoms with van der Waals surface area (Å²) in [5.74, 6) is -0.0546. The minimum Gasteiger partial charge on any atom is -0.344 e. The molecule has 0 bridgehead atoms. The molecule has 0 saturated carbocycles. The third-order valence-electron chi connectivity index (χ3n) is 3.91. The maximum absolute atomic E-state index is 12.1. The van der Waals surface area contributed by atoms with Gasteiger partial charge >= 0.3 is 6.03 Å². The van der Waals surface area contributed by atoms with Crippen molar-refractivity contribution in [2.75, 3.05) is 18.9 Å². The fraction of sp³-hybridized carbons (Fsp3) is 0.312. The van der Waals surface area contributed by atoms with E-state index in [4.69, 9.17) is 0 Å². The predicted molar refractivity (Wildman–Crippen MR) is 86.5 cm³/mol. The molecular formula is C16H19N5O2. The number of benzene rings is 1. The lowest BCUT2D eigenvalue weighted by molar-refractivity contribution is -0.128. The van der Waals surface area contributed by atoms with E-state index in [1.165, 1.54) is 0 Å². The summed E-state index contributed by atoms with van der Waals surface area (Å²) in [4.78, 5) is 25.5. The van der Waals surface area contributed by atoms with Crippen molar-refractivity contribution < 1.29 is 9.59 Å². The molecule has 1 aromatic carbocycles. The van der Waals surface area contributed by atoms with Crippen molar-refractivity contribution in [1.82, 2.24) is 20.0 Å². The smallest absolute Gasteiger partial charge is 0.319 e. The molecule has 1 unspecified atom stereocenters. The molecule has 7 heteroatoms. The first-order chi connectivity index (χ1) is 11.0. The Kier molecular flexibility index (Phi) is 4.01. The molecule has 3 rings (SSSR count). The highest BCUT2D eigenvalue weighted by atomic mass is 16.2. The number of nitrogens with one attached hydrogen (secondary N) is 2. The highest BCUT2D eigenvalue weighted by Gasteiger charge is 2.30. The Balaban J connectivity index is 1.67. The SMILES string of the molecule is Cc1ccnn1-c1cccc(NC(=O)NC2CCN(C)C2=O)c1. The Hall–Kier alpha value is -2.83. The van der Waals surface area contributed by atoms with Crippen LogP contribution in [0.15, 0.2) is 36.5 Å². The van der Waals surface area contributed by atoms with Crippen molar-refractivity contribution in [3.05, 3.63) is 42.2 Å². The molecule has 2 aromatic rings. The summed E-state index contributed by atoms with van der Waals surface area (Å²) >= 11 is 0. The molecule has 0 aliphatic carbocycles. The molecule has 1 aliphatic rings. The quantitative estimate of drug-likeness (QED) is 0.902. The van der Waals surface area contributed by atoms with Gasteiger partial charge in [-0.25, -0.2) is 9.48 Å². The lowest BCUT2D eigenvalue weighted by atomic mass is 10.2. The van der Waals surface area contributed by atoms with Gasteiger partial charge in [-0.2, -0.15) is 5.10 Å². The van der Waals surface area contributed by atoms with Gasteiger partial charge in [0, 0.05) is 31.2 Å². The van der Waals surface area contributed by atoms with Crippen LogP contribution in [0.5, 0.6) is 0 Å². The zero-order valence-electron chi connectivity index (χ0n) is 13.1. The van der Waals surface area contributed by atoms with Crippen LogP contribution in [-0.4, -0.2) is 46.3 Å². The molecule has 1 aliphatic heterocycles. The van der Waals surface area contributed by atoms with Gasteiger partial charge in [0.1, 0.15) is 6.04 Å². The Morgan fingerprint density at radius 3 is 2.83 bits per heavy atom. The second-order valence-corrected chi connectivity index (χ2v) is 5.63. The molecule has 2 N–H and O–H groups in total. The predicted octanol–water partition coefficient (Wildman–Crippen LogP) is 1.53. The topological polar surface area (TPSA) is 79.3 Å². The van der Waals surface area contributed by atoms with Crippen LogP contribution >= 0.6 is 0 Å². The van der Waals surface area contributed by atoms with Crippen LogP contribution in [-0.2, 0) is 4.79 Å². The van der Waals surface area contributed by atoms with Crippen LogP contribution in [0.1, 0.15) is 12.1 Å². The number of amides is 3. The summed E-state index contributed by atoms with van der Waals surface area (Å²) in [6.07, 6.45) is 2.36. The van der Waals surface area contributed by atoms with E-state index in [-0.39, 0.29) is 11.9 Å². The van der Waals surface area contributed by atoms with Crippen LogP contribution < -0.4 is 10.6 Å². The van der Waals surface area contributed by atoms with E-state index in [0.29, 0.717) is 18.7 Å². The first-order valence-electron chi connectivity index (χ1n) is 7.48. The molecule has 120 valence electrons. The van der Waals surface area contributed by atoms with Crippen molar-refractivity contribution in [2.45, 2.75) is 19.4 Å². The molecule has 23 heavy (non-hydrogen) atoms. The number of nitrogens with zero attached hydrogens (tertiary/aromatic N) is 3. The maximum atomic E-state index is 12.1. The number of likely N-dealkylation sites (N-methyl/N-ethyl adjacent to an activating group) is 1. The molecule has 0 radical (unpaired) electrons. The van der Waals surface area contributed by atoms with Crippen molar-refractivity contribution in [3.8, 4) is 5.69 Å². The lowest BCUT2D eigenvalue weighted by Gasteiger charge is -2.13. The second kappa shape index (κ2) is 6.12. The molecule has 1 fully saturated rings. The number of carbonyl (C=O) groups is 2. The zero-order chi connectivity index (χ0) is 16.4. The lowest BCUT2D eigenvalue weighted by Crippen LogP contribution is -2.42. The fourth-order valence-electron chi connectivity index (χ4n) is 2.64. The molecule has 1 atom stereocenters. The number of hydrogen-bond acceptors (Lipinski definition) is 3. The molecule has 1 aromatic heterocycles. The average molecular weight is 313 g/mol. The van der Waals surface area contributed by atoms with E-state index < -0.39 is 6.04 Å². The van der Waals surface area contributed by atoms with Crippen LogP contribution in [0.2, 0.25) is 0 Å². The summed E-state index contributed by atoms with van der Waals surface area (Å²) < 4.78 is 1.79. The standard InChI is InChI=1S/C16H19N5O2/c1-11-6-8-17-21(11)13-5-3-4-12(10-13)18-16(23)19-14-7-9-20(2)15(14)22/h3-6,8,10,14H,7,9H2,1-2H3,(H2,18,19,23). The third kappa shape index (κ3) is 3.18. The summed E-state index contributed by atoms with van der Waals surface area (Å²) in [5, 5.41) is 9.72. The number of aryl methyl sites for hydroxylation is 1. The monoisotopic (exact) mass is 313 g/mol. The highest BCUT2D eigenvalue weighted by Crippen LogP contribution is 2.16. The molecule has 3 amide bonds. The highest BCUT2D eigenvalue weighted by molar-refractivity contribution is 5.94. The van der Waals surface area contributed by atoms with Gasteiger partial charge in [-0.1, -0.05) is 6.07 Å². The van der Waals surface area contributed by atoms with Crippen LogP contribution in [0.25, 0.3) is 5.69 Å². The summed E-state index contributed by atoms with van der Waals surface area (Å²) in [7, 11) is 1.73. The van der Waals surface area contributed by atoms with E-state index in [0.717, 1.165) is 11.4 Å². The molecule has 1 saturated heterocycles. The van der Waals surface area contributed by atoms with Crippen LogP contribution in [0, 0.1) is 6.92 Å². The molecule has 2 heterocycles. The largest absolute Gasteiger partial charge is 0.344 e. The summed E-state index contributed by atoms with van der Waals surface area (Å²) in [6, 6.07) is 8.48. The van der Waals surface area contributed by atoms with E-state index in [1.807, 2.05) is 31.2 Å². The van der Waals surface area contributed by atoms with Gasteiger partial charge in [0.2, 0.25) is 5.91 Å². The second-order valence-electron chi connectivity index (χ2n) is 5.63. The Morgan fingerprint density at radius 2 is 2.17 bits per heavy atom. The van der Waals surface area contributed by atoms with Crippen molar-refractivity contribution in [2.24, 2.45) is 0 Å². The van der Waals surface area contributed by atoms with Crippen LogP contribution in [0.4, 0.5) is 10.5 Å². The van der Waals surface area contributed by atoms with Gasteiger partial charge in [-0.05, 0) is 37.6 Å². The van der Waals surface area contributed by atoms with Crippen LogP contribution in [0.3, 0.4) is 0 Å². The molecule has 7 nitrogen and oxygen atoms in total. The Morgan fingerprint density at radius 1 is 1.35 bits per heavy atom. The van der Waals surface area contributed by atoms with Crippen molar-refractivity contribution >= 4 is 17.6 Å². The Bertz CT molecular complexity index is 740. The number of aromatic nitrogens is 2. The van der Waals surface area contributed by atoms with Crippen molar-refractivity contribution in [3.63, 3.8) is 0 Å². The van der Waals surface area contributed by atoms with E-state index in [2.05, 4.69) is 15.7 Å². The minimum absolute atomic E-state index is 0.0546. The summed E-state index contributed by atoms with van der Waals surface area (Å²) in [6.45, 7) is 2.62. The van der Waals surface area contributed by atoms with Gasteiger partial charge in [-0.3, -0.25) is 4.79 Å². The molecule has 0 spiro atoms. The number of urea groups is 1. The molecular weight excluding hydrogens is 294 g/mol. The first kappa shape index (κ1) is 15.1. The van der Waals surface area contributed by atoms with Crippen molar-refractivity contribution in [1.29, 1.82) is 0 Å². The van der Waals surface area contributed by atoms with Gasteiger partial charge in [0.05, 0.1) is 5.69 Å². The fourth-order valence-corrected chi connectivity index (χ4v) is 2.64. The van der Waals surface area contributed by atoms with Gasteiger partial charge in [-0.15, -0.1) is 0 Å². The van der Waals surface area contributed by atoms with Gasteiger partial charge < -0.3 is 15.5 Å². The van der Waals surface area contributed by atoms with E-state index in [9.17, 15) is 9.59 Å². The first-order valence-corrected chi connectivity index (χ1v) is 7.48. The number of carbonyl (C=O) groups excluding carboxylic acids is 2. The van der Waals surface area contributed by atoms with E-state index in [1.54, 1.807) is 28.9 Å². The number of likely N-dealkylation sites (tertiary alicyclic amines) is 1. The maximum Gasteiger partial charge on any atom is 0.319 e. The summed E-state index contributed by atoms with van der Waals surface area (Å²) in [5.41, 5.74) is 2.52. The number of hydrogen-bond donors (Lipinski definition) is 2. The Labute approximate surface area is 134 Å². The normalized spacial score (nSPS) is 17.4. The number of anilines is 1. The minimum atomic E-state index is -0.448.